The van der Waals surface area contributed by atoms with Crippen LogP contribution < -0.4 is 9.47 Å². The molecule has 4 nitrogen and oxygen atoms in total. The summed E-state index contributed by atoms with van der Waals surface area (Å²) >= 11 is 13.4. The van der Waals surface area contributed by atoms with Gasteiger partial charge in [-0.25, -0.2) is 0 Å². The summed E-state index contributed by atoms with van der Waals surface area (Å²) in [5, 5.41) is 1.00. The van der Waals surface area contributed by atoms with Gasteiger partial charge in [0.25, 0.3) is 0 Å². The Bertz CT molecular complexity index is 800. The summed E-state index contributed by atoms with van der Waals surface area (Å²) in [5.41, 5.74) is 0.941. The number of thioether (sulfide) groups is 1. The van der Waals surface area contributed by atoms with Crippen molar-refractivity contribution in [3.05, 3.63) is 52.0 Å². The van der Waals surface area contributed by atoms with Crippen LogP contribution in [0.25, 0.3) is 0 Å². The van der Waals surface area contributed by atoms with Crippen molar-refractivity contribution in [3.8, 4) is 11.5 Å². The van der Waals surface area contributed by atoms with Gasteiger partial charge in [-0.2, -0.15) is 0 Å². The summed E-state index contributed by atoms with van der Waals surface area (Å²) < 4.78 is 11.3. The summed E-state index contributed by atoms with van der Waals surface area (Å²) in [4.78, 5) is 15.1. The topological polar surface area (TPSA) is 38.8 Å². The van der Waals surface area contributed by atoms with E-state index in [1.54, 1.807) is 24.1 Å². The molecule has 2 aromatic rings. The Kier molecular flexibility index (Phi) is 6.57. The monoisotopic (exact) mass is 411 g/mol. The second-order valence-electron chi connectivity index (χ2n) is 5.95. The van der Waals surface area contributed by atoms with Crippen LogP contribution in [0.2, 0.25) is 10.0 Å². The van der Waals surface area contributed by atoms with E-state index >= 15 is 0 Å². The Hall–Kier alpha value is -1.56. The number of carbonyl (C=O) groups is 1. The lowest BCUT2D eigenvalue weighted by Gasteiger charge is -2.17. The molecule has 0 saturated carbocycles. The molecule has 1 aliphatic heterocycles. The summed E-state index contributed by atoms with van der Waals surface area (Å²) in [6.45, 7) is 1.79. The molecule has 0 atom stereocenters. The molecule has 3 rings (SSSR count). The molecular formula is C19H19Cl2NO3S. The maximum atomic E-state index is 12.4. The highest BCUT2D eigenvalue weighted by Gasteiger charge is 2.14. The highest BCUT2D eigenvalue weighted by Crippen LogP contribution is 2.34. The van der Waals surface area contributed by atoms with Crippen LogP contribution in [0, 0.1) is 0 Å². The Balaban J connectivity index is 1.56. The van der Waals surface area contributed by atoms with E-state index in [4.69, 9.17) is 32.7 Å². The van der Waals surface area contributed by atoms with Gasteiger partial charge in [0, 0.05) is 24.9 Å². The van der Waals surface area contributed by atoms with E-state index in [0.29, 0.717) is 35.6 Å². The maximum Gasteiger partial charge on any atom is 0.232 e. The third-order valence-corrected chi connectivity index (χ3v) is 5.63. The molecule has 2 aromatic carbocycles. The molecule has 1 heterocycles. The van der Waals surface area contributed by atoms with Gasteiger partial charge in [0.1, 0.15) is 0 Å². The molecule has 7 heteroatoms. The van der Waals surface area contributed by atoms with Crippen LogP contribution in [-0.4, -0.2) is 36.8 Å². The molecule has 1 amide bonds. The smallest absolute Gasteiger partial charge is 0.232 e. The van der Waals surface area contributed by atoms with Crippen LogP contribution >= 0.6 is 35.0 Å². The zero-order chi connectivity index (χ0) is 18.5. The second kappa shape index (κ2) is 8.89. The number of hydrogen-bond acceptors (Lipinski definition) is 4. The molecular weight excluding hydrogens is 393 g/mol. The largest absolute Gasteiger partial charge is 0.490 e. The third kappa shape index (κ3) is 5.00. The molecule has 0 aliphatic carbocycles. The number of rotatable bonds is 5. The minimum absolute atomic E-state index is 0.0354. The highest BCUT2D eigenvalue weighted by atomic mass is 35.5. The summed E-state index contributed by atoms with van der Waals surface area (Å²) in [6, 6.07) is 11.2. The van der Waals surface area contributed by atoms with E-state index in [2.05, 4.69) is 0 Å². The van der Waals surface area contributed by atoms with Gasteiger partial charge in [0.05, 0.1) is 29.0 Å². The van der Waals surface area contributed by atoms with Crippen LogP contribution in [0.4, 0.5) is 0 Å². The Morgan fingerprint density at radius 1 is 1.08 bits per heavy atom. The number of halogens is 2. The van der Waals surface area contributed by atoms with Gasteiger partial charge < -0.3 is 14.4 Å². The van der Waals surface area contributed by atoms with Crippen molar-refractivity contribution in [3.63, 3.8) is 0 Å². The normalized spacial score (nSPS) is 13.2. The summed E-state index contributed by atoms with van der Waals surface area (Å²) in [7, 11) is 1.78. The average Bonchev–Trinajstić information content (AvgIpc) is 2.87. The Labute approximate surface area is 167 Å². The molecule has 1 aliphatic rings. The highest BCUT2D eigenvalue weighted by molar-refractivity contribution is 8.00. The van der Waals surface area contributed by atoms with Gasteiger partial charge in [-0.05, 0) is 35.9 Å². The van der Waals surface area contributed by atoms with Crippen molar-refractivity contribution in [2.45, 2.75) is 17.9 Å². The van der Waals surface area contributed by atoms with Gasteiger partial charge in [-0.15, -0.1) is 11.8 Å². The van der Waals surface area contributed by atoms with Gasteiger partial charge in [-0.1, -0.05) is 29.3 Å². The molecule has 0 N–H and O–H groups in total. The first-order chi connectivity index (χ1) is 12.5. The zero-order valence-electron chi connectivity index (χ0n) is 14.3. The molecule has 0 spiro atoms. The van der Waals surface area contributed by atoms with Crippen LogP contribution in [0.3, 0.4) is 0 Å². The second-order valence-corrected chi connectivity index (χ2v) is 7.81. The first-order valence-electron chi connectivity index (χ1n) is 8.23. The number of fused-ring (bicyclic) bond motifs is 1. The predicted octanol–water partition coefficient (Wildman–Crippen LogP) is 4.91. The maximum absolute atomic E-state index is 12.4. The third-order valence-electron chi connectivity index (χ3n) is 3.91. The summed E-state index contributed by atoms with van der Waals surface area (Å²) in [5.74, 6) is 1.88. The molecule has 0 fully saturated rings. The Morgan fingerprint density at radius 2 is 1.85 bits per heavy atom. The van der Waals surface area contributed by atoms with E-state index < -0.39 is 0 Å². The number of ether oxygens (including phenoxy) is 2. The first kappa shape index (κ1) is 19.2. The minimum Gasteiger partial charge on any atom is -0.490 e. The SMILES string of the molecule is CN(Cc1ccc(Cl)c(Cl)c1)C(=O)CSc1ccc2c(c1)OCCCO2. The molecule has 0 aromatic heterocycles. The van der Waals surface area contributed by atoms with E-state index in [1.807, 2.05) is 24.3 Å². The fourth-order valence-corrected chi connectivity index (χ4v) is 3.67. The fourth-order valence-electron chi connectivity index (χ4n) is 2.49. The quantitative estimate of drug-likeness (QED) is 0.655. The molecule has 0 bridgehead atoms. The molecule has 138 valence electrons. The standard InChI is InChI=1S/C19H19Cl2NO3S/c1-22(11-13-3-5-15(20)16(21)9-13)19(23)12-26-14-4-6-17-18(10-14)25-8-2-7-24-17/h3-6,9-10H,2,7-8,11-12H2,1H3. The van der Waals surface area contributed by atoms with Crippen molar-refractivity contribution in [1.29, 1.82) is 0 Å². The van der Waals surface area contributed by atoms with Crippen molar-refractivity contribution in [2.24, 2.45) is 0 Å². The zero-order valence-corrected chi connectivity index (χ0v) is 16.7. The average molecular weight is 412 g/mol. The molecule has 0 unspecified atom stereocenters. The number of carbonyl (C=O) groups excluding carboxylic acids is 1. The molecule has 0 radical (unpaired) electrons. The summed E-state index contributed by atoms with van der Waals surface area (Å²) in [6.07, 6.45) is 0.870. The van der Waals surface area contributed by atoms with Gasteiger partial charge >= 0.3 is 0 Å². The van der Waals surface area contributed by atoms with E-state index in [-0.39, 0.29) is 5.91 Å². The minimum atomic E-state index is 0.0354. The van der Waals surface area contributed by atoms with Gasteiger partial charge in [-0.3, -0.25) is 4.79 Å². The van der Waals surface area contributed by atoms with Crippen molar-refractivity contribution in [2.75, 3.05) is 26.0 Å². The van der Waals surface area contributed by atoms with Crippen LogP contribution in [0.1, 0.15) is 12.0 Å². The van der Waals surface area contributed by atoms with Crippen molar-refractivity contribution < 1.29 is 14.3 Å². The molecule has 0 saturated heterocycles. The Morgan fingerprint density at radius 3 is 2.62 bits per heavy atom. The number of nitrogens with zero attached hydrogens (tertiary/aromatic N) is 1. The number of amides is 1. The van der Waals surface area contributed by atoms with Gasteiger partial charge in [0.2, 0.25) is 5.91 Å². The number of benzene rings is 2. The van der Waals surface area contributed by atoms with Crippen LogP contribution in [0.5, 0.6) is 11.5 Å². The van der Waals surface area contributed by atoms with Crippen LogP contribution in [0.15, 0.2) is 41.3 Å². The predicted molar refractivity (Wildman–Crippen MR) is 106 cm³/mol. The van der Waals surface area contributed by atoms with Crippen LogP contribution in [-0.2, 0) is 11.3 Å². The van der Waals surface area contributed by atoms with Gasteiger partial charge in [0.15, 0.2) is 11.5 Å². The lowest BCUT2D eigenvalue weighted by Crippen LogP contribution is -2.27. The van der Waals surface area contributed by atoms with E-state index in [9.17, 15) is 4.79 Å². The number of hydrogen-bond donors (Lipinski definition) is 0. The van der Waals surface area contributed by atoms with Crippen molar-refractivity contribution in [1.82, 2.24) is 4.90 Å². The fraction of sp³-hybridized carbons (Fsp3) is 0.316. The van der Waals surface area contributed by atoms with E-state index in [1.165, 1.54) is 11.8 Å². The van der Waals surface area contributed by atoms with E-state index in [0.717, 1.165) is 28.4 Å². The first-order valence-corrected chi connectivity index (χ1v) is 9.97. The van der Waals surface area contributed by atoms with Crippen molar-refractivity contribution >= 4 is 40.9 Å². The molecule has 26 heavy (non-hydrogen) atoms. The lowest BCUT2D eigenvalue weighted by molar-refractivity contribution is -0.127. The lowest BCUT2D eigenvalue weighted by atomic mass is 10.2.